The lowest BCUT2D eigenvalue weighted by atomic mass is 9.96. The van der Waals surface area contributed by atoms with E-state index in [-0.39, 0.29) is 0 Å². The van der Waals surface area contributed by atoms with Crippen LogP contribution in [-0.2, 0) is 19.4 Å². The molecule has 1 aromatic heterocycles. The fraction of sp³-hybridized carbons (Fsp3) is 0.550. The van der Waals surface area contributed by atoms with Gasteiger partial charge < -0.3 is 4.52 Å². The molecule has 2 aliphatic carbocycles. The zero-order chi connectivity index (χ0) is 15.6. The molecule has 1 atom stereocenters. The molecule has 0 amide bonds. The van der Waals surface area contributed by atoms with E-state index < -0.39 is 0 Å². The Morgan fingerprint density at radius 2 is 1.96 bits per heavy atom. The molecule has 122 valence electrons. The van der Waals surface area contributed by atoms with Crippen molar-refractivity contribution in [3.63, 3.8) is 0 Å². The molecule has 0 N–H and O–H groups in total. The highest BCUT2D eigenvalue weighted by Crippen LogP contribution is 2.34. The molecule has 1 heterocycles. The second-order valence-electron chi connectivity index (χ2n) is 7.20. The first-order valence-corrected chi connectivity index (χ1v) is 9.06. The van der Waals surface area contributed by atoms with Gasteiger partial charge in [-0.15, -0.1) is 0 Å². The summed E-state index contributed by atoms with van der Waals surface area (Å²) in [6.45, 7) is 4.42. The van der Waals surface area contributed by atoms with E-state index in [1.165, 1.54) is 49.0 Å². The minimum atomic E-state index is 0.424. The van der Waals surface area contributed by atoms with Crippen molar-refractivity contribution in [2.24, 2.45) is 5.92 Å². The molecule has 4 rings (SSSR count). The van der Waals surface area contributed by atoms with Crippen LogP contribution in [0, 0.1) is 5.92 Å². The molecule has 0 spiro atoms. The number of nitrogens with zero attached hydrogens (tertiary/aromatic N) is 2. The Morgan fingerprint density at radius 3 is 2.74 bits per heavy atom. The first-order valence-electron chi connectivity index (χ1n) is 9.06. The van der Waals surface area contributed by atoms with Crippen molar-refractivity contribution < 1.29 is 4.52 Å². The fourth-order valence-corrected chi connectivity index (χ4v) is 3.70. The molecule has 3 nitrogen and oxygen atoms in total. The van der Waals surface area contributed by atoms with Crippen molar-refractivity contribution >= 4 is 0 Å². The van der Waals surface area contributed by atoms with Crippen LogP contribution in [0.4, 0.5) is 0 Å². The van der Waals surface area contributed by atoms with Crippen LogP contribution >= 0.6 is 0 Å². The van der Waals surface area contributed by atoms with Crippen molar-refractivity contribution in [1.29, 1.82) is 0 Å². The van der Waals surface area contributed by atoms with E-state index in [1.54, 1.807) is 0 Å². The van der Waals surface area contributed by atoms with E-state index in [9.17, 15) is 0 Å². The molecule has 2 aliphatic rings. The van der Waals surface area contributed by atoms with Gasteiger partial charge in [0.2, 0.25) is 0 Å². The predicted molar refractivity (Wildman–Crippen MR) is 91.1 cm³/mol. The van der Waals surface area contributed by atoms with Gasteiger partial charge in [-0.05, 0) is 50.5 Å². The number of aryl methyl sites for hydroxylation is 1. The Morgan fingerprint density at radius 1 is 1.17 bits per heavy atom. The third-order valence-corrected chi connectivity index (χ3v) is 5.40. The van der Waals surface area contributed by atoms with Crippen molar-refractivity contribution in [2.75, 3.05) is 6.54 Å². The largest absolute Gasteiger partial charge is 0.361 e. The standard InChI is InChI=1S/C20H26N2O/c1-15(17-7-3-2-4-8-17)22(13-16-11-12-16)14-19-18-9-5-6-10-20(18)23-21-19/h2-4,7-8,15-16H,5-6,9-14H2,1H3. The number of hydrogen-bond donors (Lipinski definition) is 0. The Hall–Kier alpha value is -1.61. The predicted octanol–water partition coefficient (Wildman–Crippen LogP) is 4.53. The van der Waals surface area contributed by atoms with Crippen LogP contribution in [-0.4, -0.2) is 16.6 Å². The lowest BCUT2D eigenvalue weighted by Crippen LogP contribution is -2.29. The van der Waals surface area contributed by atoms with Gasteiger partial charge in [0.1, 0.15) is 11.5 Å². The fourth-order valence-electron chi connectivity index (χ4n) is 3.70. The quantitative estimate of drug-likeness (QED) is 0.785. The highest BCUT2D eigenvalue weighted by molar-refractivity contribution is 5.26. The van der Waals surface area contributed by atoms with Gasteiger partial charge in [0.05, 0.1) is 0 Å². The second kappa shape index (κ2) is 6.48. The molecule has 0 bridgehead atoms. The van der Waals surface area contributed by atoms with Crippen LogP contribution in [0.1, 0.15) is 61.2 Å². The van der Waals surface area contributed by atoms with Crippen LogP contribution in [0.15, 0.2) is 34.9 Å². The Kier molecular flexibility index (Phi) is 4.21. The van der Waals surface area contributed by atoms with Crippen molar-refractivity contribution in [3.05, 3.63) is 52.9 Å². The van der Waals surface area contributed by atoms with Crippen LogP contribution < -0.4 is 0 Å². The van der Waals surface area contributed by atoms with Gasteiger partial charge in [0.15, 0.2) is 0 Å². The van der Waals surface area contributed by atoms with Gasteiger partial charge in [0, 0.05) is 31.1 Å². The SMILES string of the molecule is CC(c1ccccc1)N(Cc1noc2c1CCCC2)CC1CC1. The lowest BCUT2D eigenvalue weighted by Gasteiger charge is -2.29. The summed E-state index contributed by atoms with van der Waals surface area (Å²) in [4.78, 5) is 2.60. The van der Waals surface area contributed by atoms with E-state index in [0.717, 1.165) is 31.1 Å². The van der Waals surface area contributed by atoms with Gasteiger partial charge in [-0.25, -0.2) is 0 Å². The van der Waals surface area contributed by atoms with E-state index in [2.05, 4.69) is 47.3 Å². The zero-order valence-corrected chi connectivity index (χ0v) is 14.0. The number of fused-ring (bicyclic) bond motifs is 1. The van der Waals surface area contributed by atoms with Crippen molar-refractivity contribution in [2.45, 2.75) is 58.0 Å². The van der Waals surface area contributed by atoms with Crippen LogP contribution in [0.5, 0.6) is 0 Å². The maximum atomic E-state index is 5.62. The van der Waals surface area contributed by atoms with E-state index in [4.69, 9.17) is 4.52 Å². The summed E-state index contributed by atoms with van der Waals surface area (Å²) < 4.78 is 5.62. The third-order valence-electron chi connectivity index (χ3n) is 5.40. The Balaban J connectivity index is 1.55. The molecule has 2 aromatic rings. The minimum Gasteiger partial charge on any atom is -0.361 e. The summed E-state index contributed by atoms with van der Waals surface area (Å²) in [6.07, 6.45) is 7.50. The molecular weight excluding hydrogens is 284 g/mol. The summed E-state index contributed by atoms with van der Waals surface area (Å²) >= 11 is 0. The highest BCUT2D eigenvalue weighted by Gasteiger charge is 2.29. The summed E-state index contributed by atoms with van der Waals surface area (Å²) in [7, 11) is 0. The van der Waals surface area contributed by atoms with Crippen molar-refractivity contribution in [1.82, 2.24) is 10.1 Å². The first-order chi connectivity index (χ1) is 11.3. The zero-order valence-electron chi connectivity index (χ0n) is 14.0. The Bertz CT molecular complexity index is 645. The van der Waals surface area contributed by atoms with Crippen LogP contribution in [0.25, 0.3) is 0 Å². The van der Waals surface area contributed by atoms with E-state index in [1.807, 2.05) is 0 Å². The normalized spacial score (nSPS) is 18.9. The van der Waals surface area contributed by atoms with Gasteiger partial charge >= 0.3 is 0 Å². The summed E-state index contributed by atoms with van der Waals surface area (Å²) in [6, 6.07) is 11.3. The molecule has 0 radical (unpaired) electrons. The maximum Gasteiger partial charge on any atom is 0.140 e. The summed E-state index contributed by atoms with van der Waals surface area (Å²) in [5.74, 6) is 2.02. The third kappa shape index (κ3) is 3.35. The first kappa shape index (κ1) is 14.9. The van der Waals surface area contributed by atoms with Crippen LogP contribution in [0.2, 0.25) is 0 Å². The number of rotatable bonds is 6. The van der Waals surface area contributed by atoms with E-state index >= 15 is 0 Å². The van der Waals surface area contributed by atoms with Gasteiger partial charge in [-0.3, -0.25) is 4.90 Å². The van der Waals surface area contributed by atoms with E-state index in [0.29, 0.717) is 6.04 Å². The van der Waals surface area contributed by atoms with Crippen LogP contribution in [0.3, 0.4) is 0 Å². The summed E-state index contributed by atoms with van der Waals surface area (Å²) in [5, 5.41) is 4.42. The Labute approximate surface area is 138 Å². The molecule has 1 saturated carbocycles. The molecule has 23 heavy (non-hydrogen) atoms. The molecule has 1 aromatic carbocycles. The summed E-state index contributed by atoms with van der Waals surface area (Å²) in [5.41, 5.74) is 3.98. The average Bonchev–Trinajstić information content (AvgIpc) is 3.33. The second-order valence-corrected chi connectivity index (χ2v) is 7.20. The maximum absolute atomic E-state index is 5.62. The molecule has 1 fully saturated rings. The molecular formula is C20H26N2O. The smallest absolute Gasteiger partial charge is 0.140 e. The monoisotopic (exact) mass is 310 g/mol. The topological polar surface area (TPSA) is 29.3 Å². The van der Waals surface area contributed by atoms with Gasteiger partial charge in [0.25, 0.3) is 0 Å². The number of hydrogen-bond acceptors (Lipinski definition) is 3. The molecule has 0 saturated heterocycles. The number of aromatic nitrogens is 1. The molecule has 3 heteroatoms. The molecule has 1 unspecified atom stereocenters. The number of benzene rings is 1. The minimum absolute atomic E-state index is 0.424. The van der Waals surface area contributed by atoms with Gasteiger partial charge in [-0.2, -0.15) is 0 Å². The van der Waals surface area contributed by atoms with Crippen molar-refractivity contribution in [3.8, 4) is 0 Å². The average molecular weight is 310 g/mol. The highest BCUT2D eigenvalue weighted by atomic mass is 16.5. The lowest BCUT2D eigenvalue weighted by molar-refractivity contribution is 0.186. The van der Waals surface area contributed by atoms with Gasteiger partial charge in [-0.1, -0.05) is 35.5 Å². The molecule has 0 aliphatic heterocycles.